The first-order valence-corrected chi connectivity index (χ1v) is 9.17. The van der Waals surface area contributed by atoms with Crippen molar-refractivity contribution in [3.63, 3.8) is 0 Å². The van der Waals surface area contributed by atoms with Crippen molar-refractivity contribution in [1.29, 1.82) is 0 Å². The van der Waals surface area contributed by atoms with Gasteiger partial charge < -0.3 is 24.4 Å². The van der Waals surface area contributed by atoms with Crippen LogP contribution in [0.25, 0.3) is 0 Å². The van der Waals surface area contributed by atoms with Crippen molar-refractivity contribution < 1.29 is 23.8 Å². The summed E-state index contributed by atoms with van der Waals surface area (Å²) in [5.41, 5.74) is 2.19. The molecule has 0 aromatic heterocycles. The summed E-state index contributed by atoms with van der Waals surface area (Å²) in [5.74, 6) is 2.04. The number of anilines is 1. The predicted octanol–water partition coefficient (Wildman–Crippen LogP) is 2.66. The van der Waals surface area contributed by atoms with E-state index in [0.29, 0.717) is 30.1 Å². The van der Waals surface area contributed by atoms with E-state index in [0.717, 1.165) is 23.5 Å². The molecule has 1 unspecified atom stereocenters. The number of rotatable bonds is 4. The van der Waals surface area contributed by atoms with Gasteiger partial charge in [-0.3, -0.25) is 9.59 Å². The first-order valence-electron chi connectivity index (χ1n) is 9.17. The molecule has 1 fully saturated rings. The van der Waals surface area contributed by atoms with Crippen LogP contribution in [-0.2, 0) is 4.79 Å². The van der Waals surface area contributed by atoms with Crippen LogP contribution in [-0.4, -0.2) is 50.6 Å². The summed E-state index contributed by atoms with van der Waals surface area (Å²) < 4.78 is 16.3. The number of carbonyl (C=O) groups is 2. The number of fused-ring (bicyclic) bond motifs is 1. The van der Waals surface area contributed by atoms with Gasteiger partial charge in [0.1, 0.15) is 17.2 Å². The van der Waals surface area contributed by atoms with E-state index in [2.05, 4.69) is 5.32 Å². The number of nitrogens with one attached hydrogen (secondary N) is 1. The Balaban J connectivity index is 1.52. The van der Waals surface area contributed by atoms with Gasteiger partial charge in [-0.25, -0.2) is 0 Å². The molecule has 1 saturated heterocycles. The lowest BCUT2D eigenvalue weighted by molar-refractivity contribution is -0.118. The van der Waals surface area contributed by atoms with Crippen LogP contribution >= 0.6 is 0 Å². The zero-order valence-electron chi connectivity index (χ0n) is 15.9. The van der Waals surface area contributed by atoms with Crippen LogP contribution in [0.3, 0.4) is 0 Å². The standard InChI is InChI=1S/C21H22N2O5/c1-26-15-4-6-18(27-2)16(10-15)14-7-8-23(11-14)21(25)13-3-5-17-19(9-13)28-12-20(24)22-17/h3-6,9-10,14H,7-8,11-12H2,1-2H3,(H,22,24). The molecule has 0 saturated carbocycles. The van der Waals surface area contributed by atoms with Crippen LogP contribution in [0.15, 0.2) is 36.4 Å². The molecule has 0 aliphatic carbocycles. The van der Waals surface area contributed by atoms with Gasteiger partial charge in [0.25, 0.3) is 11.8 Å². The predicted molar refractivity (Wildman–Crippen MR) is 103 cm³/mol. The Morgan fingerprint density at radius 2 is 2.04 bits per heavy atom. The number of hydrogen-bond acceptors (Lipinski definition) is 5. The molecule has 1 N–H and O–H groups in total. The Hall–Kier alpha value is -3.22. The number of nitrogens with zero attached hydrogens (tertiary/aromatic N) is 1. The minimum absolute atomic E-state index is 0.0356. The third-order valence-corrected chi connectivity index (χ3v) is 5.21. The molecular formula is C21H22N2O5. The summed E-state index contributed by atoms with van der Waals surface area (Å²) in [4.78, 5) is 26.2. The van der Waals surface area contributed by atoms with Gasteiger partial charge in [-0.2, -0.15) is 0 Å². The van der Waals surface area contributed by atoms with Gasteiger partial charge in [0, 0.05) is 30.1 Å². The molecule has 2 heterocycles. The number of amides is 2. The van der Waals surface area contributed by atoms with E-state index in [9.17, 15) is 9.59 Å². The van der Waals surface area contributed by atoms with Gasteiger partial charge in [0.15, 0.2) is 6.61 Å². The van der Waals surface area contributed by atoms with Crippen molar-refractivity contribution in [2.75, 3.05) is 39.2 Å². The lowest BCUT2D eigenvalue weighted by Gasteiger charge is -2.21. The number of ether oxygens (including phenoxy) is 3. The van der Waals surface area contributed by atoms with Gasteiger partial charge in [-0.1, -0.05) is 0 Å². The fourth-order valence-electron chi connectivity index (χ4n) is 3.75. The second kappa shape index (κ2) is 7.42. The molecule has 2 aromatic carbocycles. The monoisotopic (exact) mass is 382 g/mol. The molecule has 2 aliphatic rings. The van der Waals surface area contributed by atoms with Gasteiger partial charge in [0.2, 0.25) is 0 Å². The maximum absolute atomic E-state index is 13.0. The fourth-order valence-corrected chi connectivity index (χ4v) is 3.75. The normalized spacial score (nSPS) is 18.1. The van der Waals surface area contributed by atoms with Crippen LogP contribution in [0.5, 0.6) is 17.2 Å². The van der Waals surface area contributed by atoms with E-state index in [1.807, 2.05) is 23.1 Å². The molecule has 28 heavy (non-hydrogen) atoms. The Labute approximate surface area is 163 Å². The second-order valence-electron chi connectivity index (χ2n) is 6.89. The Kier molecular flexibility index (Phi) is 4.81. The molecule has 1 atom stereocenters. The lowest BCUT2D eigenvalue weighted by Crippen LogP contribution is -2.29. The Morgan fingerprint density at radius 3 is 2.82 bits per heavy atom. The lowest BCUT2D eigenvalue weighted by atomic mass is 9.97. The van der Waals surface area contributed by atoms with Crippen molar-refractivity contribution in [2.45, 2.75) is 12.3 Å². The zero-order valence-corrected chi connectivity index (χ0v) is 15.9. The van der Waals surface area contributed by atoms with Crippen molar-refractivity contribution in [2.24, 2.45) is 0 Å². The third-order valence-electron chi connectivity index (χ3n) is 5.21. The first kappa shape index (κ1) is 18.2. The number of methoxy groups -OCH3 is 2. The van der Waals surface area contributed by atoms with E-state index in [1.165, 1.54) is 0 Å². The molecule has 146 valence electrons. The third kappa shape index (κ3) is 3.35. The highest BCUT2D eigenvalue weighted by Gasteiger charge is 2.30. The van der Waals surface area contributed by atoms with Crippen LogP contribution in [0.1, 0.15) is 28.3 Å². The average molecular weight is 382 g/mol. The second-order valence-corrected chi connectivity index (χ2v) is 6.89. The molecular weight excluding hydrogens is 360 g/mol. The molecule has 0 bridgehead atoms. The van der Waals surface area contributed by atoms with Crippen LogP contribution in [0.4, 0.5) is 5.69 Å². The summed E-state index contributed by atoms with van der Waals surface area (Å²) >= 11 is 0. The highest BCUT2D eigenvalue weighted by atomic mass is 16.5. The maximum Gasteiger partial charge on any atom is 0.262 e. The number of likely N-dealkylation sites (tertiary alicyclic amines) is 1. The largest absolute Gasteiger partial charge is 0.497 e. The van der Waals surface area contributed by atoms with E-state index in [1.54, 1.807) is 32.4 Å². The minimum atomic E-state index is -0.193. The molecule has 4 rings (SSSR count). The van der Waals surface area contributed by atoms with Crippen molar-refractivity contribution in [3.05, 3.63) is 47.5 Å². The number of benzene rings is 2. The summed E-state index contributed by atoms with van der Waals surface area (Å²) in [6.07, 6.45) is 0.854. The minimum Gasteiger partial charge on any atom is -0.497 e. The Bertz CT molecular complexity index is 927. The highest BCUT2D eigenvalue weighted by Crippen LogP contribution is 2.37. The summed E-state index contributed by atoms with van der Waals surface area (Å²) in [6.45, 7) is 1.24. The van der Waals surface area contributed by atoms with Crippen molar-refractivity contribution in [1.82, 2.24) is 4.90 Å². The summed E-state index contributed by atoms with van der Waals surface area (Å²) in [7, 11) is 3.28. The zero-order chi connectivity index (χ0) is 19.7. The number of hydrogen-bond donors (Lipinski definition) is 1. The molecule has 7 nitrogen and oxygen atoms in total. The fraction of sp³-hybridized carbons (Fsp3) is 0.333. The van der Waals surface area contributed by atoms with E-state index >= 15 is 0 Å². The summed E-state index contributed by atoms with van der Waals surface area (Å²) in [5, 5.41) is 2.73. The van der Waals surface area contributed by atoms with Crippen LogP contribution in [0, 0.1) is 0 Å². The van der Waals surface area contributed by atoms with Crippen LogP contribution < -0.4 is 19.5 Å². The van der Waals surface area contributed by atoms with Gasteiger partial charge in [0.05, 0.1) is 19.9 Å². The topological polar surface area (TPSA) is 77.1 Å². The van der Waals surface area contributed by atoms with Gasteiger partial charge in [-0.05, 0) is 42.8 Å². The van der Waals surface area contributed by atoms with Gasteiger partial charge in [-0.15, -0.1) is 0 Å². The highest BCUT2D eigenvalue weighted by molar-refractivity contribution is 5.99. The molecule has 2 aliphatic heterocycles. The van der Waals surface area contributed by atoms with E-state index in [4.69, 9.17) is 14.2 Å². The first-order chi connectivity index (χ1) is 13.6. The molecule has 0 spiro atoms. The SMILES string of the molecule is COc1ccc(OC)c(C2CCN(C(=O)c3ccc4c(c3)OCC(=O)N4)C2)c1. The molecule has 7 heteroatoms. The van der Waals surface area contributed by atoms with Crippen molar-refractivity contribution >= 4 is 17.5 Å². The Morgan fingerprint density at radius 1 is 1.18 bits per heavy atom. The van der Waals surface area contributed by atoms with E-state index < -0.39 is 0 Å². The maximum atomic E-state index is 13.0. The molecule has 0 radical (unpaired) electrons. The van der Waals surface area contributed by atoms with E-state index in [-0.39, 0.29) is 24.3 Å². The quantitative estimate of drug-likeness (QED) is 0.880. The smallest absolute Gasteiger partial charge is 0.262 e. The molecule has 2 aromatic rings. The average Bonchev–Trinajstić information content (AvgIpc) is 3.22. The van der Waals surface area contributed by atoms with Gasteiger partial charge >= 0.3 is 0 Å². The summed E-state index contributed by atoms with van der Waals surface area (Å²) in [6, 6.07) is 10.9. The van der Waals surface area contributed by atoms with Crippen LogP contribution in [0.2, 0.25) is 0 Å². The van der Waals surface area contributed by atoms with Crippen molar-refractivity contribution in [3.8, 4) is 17.2 Å². The number of carbonyl (C=O) groups excluding carboxylic acids is 2. The molecule has 2 amide bonds.